The van der Waals surface area contributed by atoms with Crippen LogP contribution in [0.15, 0.2) is 42.5 Å². The fourth-order valence-electron chi connectivity index (χ4n) is 2.19. The van der Waals surface area contributed by atoms with Gasteiger partial charge in [0.2, 0.25) is 0 Å². The van der Waals surface area contributed by atoms with Gasteiger partial charge in [-0.2, -0.15) is 0 Å². The first-order valence-electron chi connectivity index (χ1n) is 6.73. The van der Waals surface area contributed by atoms with Crippen molar-refractivity contribution >= 4 is 5.69 Å². The van der Waals surface area contributed by atoms with Crippen molar-refractivity contribution in [3.05, 3.63) is 59.2 Å². The lowest BCUT2D eigenvalue weighted by Crippen LogP contribution is -2.12. The van der Waals surface area contributed by atoms with Gasteiger partial charge >= 0.3 is 0 Å². The number of rotatable bonds is 5. The van der Waals surface area contributed by atoms with Crippen LogP contribution in [-0.4, -0.2) is 18.8 Å². The van der Waals surface area contributed by atoms with Gasteiger partial charge in [0.25, 0.3) is 0 Å². The molecule has 0 radical (unpaired) electrons. The molecule has 2 aromatic rings. The van der Waals surface area contributed by atoms with Crippen LogP contribution < -0.4 is 10.1 Å². The van der Waals surface area contributed by atoms with Crippen LogP contribution in [0, 0.1) is 13.8 Å². The Kier molecular flexibility index (Phi) is 4.64. The second kappa shape index (κ2) is 6.44. The zero-order chi connectivity index (χ0) is 14.5. The molecule has 1 unspecified atom stereocenters. The molecule has 2 aromatic carbocycles. The van der Waals surface area contributed by atoms with E-state index in [1.807, 2.05) is 30.3 Å². The summed E-state index contributed by atoms with van der Waals surface area (Å²) in [5, 5.41) is 13.5. The number of ether oxygens (including phenoxy) is 1. The molecule has 20 heavy (non-hydrogen) atoms. The van der Waals surface area contributed by atoms with E-state index in [-0.39, 0.29) is 0 Å². The summed E-state index contributed by atoms with van der Waals surface area (Å²) in [5.41, 5.74) is 4.32. The Morgan fingerprint density at radius 1 is 1.15 bits per heavy atom. The van der Waals surface area contributed by atoms with Crippen molar-refractivity contribution in [1.29, 1.82) is 0 Å². The van der Waals surface area contributed by atoms with Crippen molar-refractivity contribution < 1.29 is 9.84 Å². The topological polar surface area (TPSA) is 41.5 Å². The van der Waals surface area contributed by atoms with Gasteiger partial charge in [-0.15, -0.1) is 0 Å². The Labute approximate surface area is 120 Å². The molecule has 106 valence electrons. The minimum absolute atomic E-state index is 0.469. The predicted molar refractivity (Wildman–Crippen MR) is 82.4 cm³/mol. The largest absolute Gasteiger partial charge is 0.497 e. The Morgan fingerprint density at radius 2 is 1.95 bits per heavy atom. The number of methoxy groups -OCH3 is 1. The van der Waals surface area contributed by atoms with E-state index < -0.39 is 6.10 Å². The average molecular weight is 271 g/mol. The number of anilines is 1. The average Bonchev–Trinajstić information content (AvgIpc) is 2.46. The number of aliphatic hydroxyl groups excluding tert-OH is 1. The molecule has 0 amide bonds. The highest BCUT2D eigenvalue weighted by Gasteiger charge is 2.09. The fraction of sp³-hybridized carbons (Fsp3) is 0.294. The third-order valence-electron chi connectivity index (χ3n) is 3.35. The monoisotopic (exact) mass is 271 g/mol. The van der Waals surface area contributed by atoms with Crippen LogP contribution in [0.3, 0.4) is 0 Å². The van der Waals surface area contributed by atoms with Gasteiger partial charge in [-0.05, 0) is 43.2 Å². The maximum absolute atomic E-state index is 10.2. The van der Waals surface area contributed by atoms with Gasteiger partial charge in [-0.25, -0.2) is 0 Å². The number of hydrogen-bond acceptors (Lipinski definition) is 3. The Morgan fingerprint density at radius 3 is 2.65 bits per heavy atom. The molecular weight excluding hydrogens is 250 g/mol. The van der Waals surface area contributed by atoms with Crippen LogP contribution in [0.2, 0.25) is 0 Å². The van der Waals surface area contributed by atoms with Crippen molar-refractivity contribution in [1.82, 2.24) is 0 Å². The highest BCUT2D eigenvalue weighted by Crippen LogP contribution is 2.21. The molecule has 0 aromatic heterocycles. The van der Waals surface area contributed by atoms with Gasteiger partial charge in [0.15, 0.2) is 0 Å². The minimum atomic E-state index is -0.564. The van der Waals surface area contributed by atoms with Gasteiger partial charge in [0.1, 0.15) is 5.75 Å². The molecule has 1 atom stereocenters. The molecule has 3 nitrogen and oxygen atoms in total. The molecule has 0 aliphatic rings. The van der Waals surface area contributed by atoms with Gasteiger partial charge < -0.3 is 15.2 Å². The maximum atomic E-state index is 10.2. The standard InChI is InChI=1S/C17H21NO2/c1-12-7-8-16(13(2)9-12)18-11-17(19)14-5-4-6-15(10-14)20-3/h4-10,17-19H,11H2,1-3H3. The molecule has 0 aliphatic carbocycles. The summed E-state index contributed by atoms with van der Waals surface area (Å²) in [6.07, 6.45) is -0.564. The zero-order valence-corrected chi connectivity index (χ0v) is 12.2. The molecule has 0 saturated heterocycles. The highest BCUT2D eigenvalue weighted by atomic mass is 16.5. The van der Waals surface area contributed by atoms with E-state index >= 15 is 0 Å². The molecule has 0 heterocycles. The second-order valence-electron chi connectivity index (χ2n) is 4.99. The predicted octanol–water partition coefficient (Wildman–Crippen LogP) is 3.46. The maximum Gasteiger partial charge on any atom is 0.119 e. The Bertz CT molecular complexity index is 581. The quantitative estimate of drug-likeness (QED) is 0.875. The summed E-state index contributed by atoms with van der Waals surface area (Å²) in [6.45, 7) is 4.60. The number of aliphatic hydroxyl groups is 1. The minimum Gasteiger partial charge on any atom is -0.497 e. The number of nitrogens with one attached hydrogen (secondary N) is 1. The van der Waals surface area contributed by atoms with E-state index in [1.54, 1.807) is 7.11 Å². The Hall–Kier alpha value is -2.00. The molecule has 0 spiro atoms. The zero-order valence-electron chi connectivity index (χ0n) is 12.2. The van der Waals surface area contributed by atoms with E-state index in [2.05, 4.69) is 31.3 Å². The highest BCUT2D eigenvalue weighted by molar-refractivity contribution is 5.52. The van der Waals surface area contributed by atoms with E-state index in [0.717, 1.165) is 17.0 Å². The smallest absolute Gasteiger partial charge is 0.119 e. The lowest BCUT2D eigenvalue weighted by Gasteiger charge is -2.15. The molecule has 2 N–H and O–H groups in total. The van der Waals surface area contributed by atoms with Gasteiger partial charge in [-0.1, -0.05) is 29.8 Å². The van der Waals surface area contributed by atoms with Crippen LogP contribution in [-0.2, 0) is 0 Å². The van der Waals surface area contributed by atoms with Gasteiger partial charge in [-0.3, -0.25) is 0 Å². The van der Waals surface area contributed by atoms with Crippen molar-refractivity contribution in [3.63, 3.8) is 0 Å². The van der Waals surface area contributed by atoms with Crippen LogP contribution >= 0.6 is 0 Å². The molecule has 0 aliphatic heterocycles. The lowest BCUT2D eigenvalue weighted by atomic mass is 10.1. The van der Waals surface area contributed by atoms with Gasteiger partial charge in [0.05, 0.1) is 13.2 Å². The molecular formula is C17H21NO2. The summed E-state index contributed by atoms with van der Waals surface area (Å²) < 4.78 is 5.17. The van der Waals surface area contributed by atoms with Crippen molar-refractivity contribution in [2.45, 2.75) is 20.0 Å². The fourth-order valence-corrected chi connectivity index (χ4v) is 2.19. The summed E-state index contributed by atoms with van der Waals surface area (Å²) in [7, 11) is 1.62. The van der Waals surface area contributed by atoms with E-state index in [1.165, 1.54) is 11.1 Å². The molecule has 2 rings (SSSR count). The summed E-state index contributed by atoms with van der Waals surface area (Å²) in [4.78, 5) is 0. The van der Waals surface area contributed by atoms with Crippen molar-refractivity contribution in [2.75, 3.05) is 19.0 Å². The van der Waals surface area contributed by atoms with Crippen LogP contribution in [0.5, 0.6) is 5.75 Å². The van der Waals surface area contributed by atoms with Crippen molar-refractivity contribution in [3.8, 4) is 5.75 Å². The number of hydrogen-bond donors (Lipinski definition) is 2. The molecule has 0 fully saturated rings. The number of aryl methyl sites for hydroxylation is 2. The first-order chi connectivity index (χ1) is 9.60. The summed E-state index contributed by atoms with van der Waals surface area (Å²) in [6, 6.07) is 13.7. The van der Waals surface area contributed by atoms with Crippen LogP contribution in [0.4, 0.5) is 5.69 Å². The SMILES string of the molecule is COc1cccc(C(O)CNc2ccc(C)cc2C)c1. The van der Waals surface area contributed by atoms with E-state index in [4.69, 9.17) is 4.74 Å². The summed E-state index contributed by atoms with van der Waals surface area (Å²) in [5.74, 6) is 0.757. The molecule has 0 bridgehead atoms. The lowest BCUT2D eigenvalue weighted by molar-refractivity contribution is 0.191. The normalized spacial score (nSPS) is 12.0. The molecule has 3 heteroatoms. The molecule has 0 saturated carbocycles. The number of benzene rings is 2. The summed E-state index contributed by atoms with van der Waals surface area (Å²) >= 11 is 0. The third-order valence-corrected chi connectivity index (χ3v) is 3.35. The second-order valence-corrected chi connectivity index (χ2v) is 4.99. The third kappa shape index (κ3) is 3.52. The van der Waals surface area contributed by atoms with E-state index in [9.17, 15) is 5.11 Å². The van der Waals surface area contributed by atoms with E-state index in [0.29, 0.717) is 6.54 Å². The Balaban J connectivity index is 2.02. The van der Waals surface area contributed by atoms with Crippen LogP contribution in [0.1, 0.15) is 22.8 Å². The first kappa shape index (κ1) is 14.4. The van der Waals surface area contributed by atoms with Crippen molar-refractivity contribution in [2.24, 2.45) is 0 Å². The first-order valence-corrected chi connectivity index (χ1v) is 6.73. The van der Waals surface area contributed by atoms with Crippen LogP contribution in [0.25, 0.3) is 0 Å². The van der Waals surface area contributed by atoms with Gasteiger partial charge in [0, 0.05) is 12.2 Å².